The van der Waals surface area contributed by atoms with Gasteiger partial charge in [-0.3, -0.25) is 4.79 Å². The summed E-state index contributed by atoms with van der Waals surface area (Å²) in [6.45, 7) is 1.61. The SMILES string of the molecule is CCC(=O)Nc1cc(S(=O)(=O)NCc2ccc(S(N)(=O)=O)cc2)ccc1OC. The highest BCUT2D eigenvalue weighted by Crippen LogP contribution is 2.27. The predicted octanol–water partition coefficient (Wildman–Crippen LogP) is 1.17. The van der Waals surface area contributed by atoms with E-state index < -0.39 is 20.0 Å². The average Bonchev–Trinajstić information content (AvgIpc) is 2.66. The van der Waals surface area contributed by atoms with Crippen molar-refractivity contribution in [2.45, 2.75) is 29.7 Å². The van der Waals surface area contributed by atoms with E-state index in [-0.39, 0.29) is 34.4 Å². The second-order valence-electron chi connectivity index (χ2n) is 5.78. The summed E-state index contributed by atoms with van der Waals surface area (Å²) >= 11 is 0. The van der Waals surface area contributed by atoms with Crippen molar-refractivity contribution in [3.05, 3.63) is 48.0 Å². The minimum atomic E-state index is -3.89. The molecular weight excluding hydrogens is 406 g/mol. The summed E-state index contributed by atoms with van der Waals surface area (Å²) in [5, 5.41) is 7.62. The molecule has 0 saturated carbocycles. The van der Waals surface area contributed by atoms with Crippen LogP contribution in [0.5, 0.6) is 5.75 Å². The molecule has 0 atom stereocenters. The van der Waals surface area contributed by atoms with Crippen molar-refractivity contribution in [3.8, 4) is 5.75 Å². The Labute approximate surface area is 164 Å². The Bertz CT molecular complexity index is 1060. The average molecular weight is 428 g/mol. The van der Waals surface area contributed by atoms with Crippen molar-refractivity contribution in [1.29, 1.82) is 0 Å². The molecular formula is C17H21N3O6S2. The number of amides is 1. The number of hydrogen-bond donors (Lipinski definition) is 3. The smallest absolute Gasteiger partial charge is 0.240 e. The first kappa shape index (κ1) is 21.8. The summed E-state index contributed by atoms with van der Waals surface area (Å²) < 4.78 is 55.2. The molecule has 0 radical (unpaired) electrons. The summed E-state index contributed by atoms with van der Waals surface area (Å²) in [7, 11) is -6.29. The van der Waals surface area contributed by atoms with Crippen molar-refractivity contribution >= 4 is 31.6 Å². The number of benzene rings is 2. The highest BCUT2D eigenvalue weighted by Gasteiger charge is 2.17. The van der Waals surface area contributed by atoms with E-state index in [9.17, 15) is 21.6 Å². The van der Waals surface area contributed by atoms with Gasteiger partial charge in [0.2, 0.25) is 26.0 Å². The van der Waals surface area contributed by atoms with Crippen molar-refractivity contribution in [1.82, 2.24) is 4.72 Å². The monoisotopic (exact) mass is 427 g/mol. The van der Waals surface area contributed by atoms with Crippen molar-refractivity contribution in [2.75, 3.05) is 12.4 Å². The van der Waals surface area contributed by atoms with Crippen LogP contribution >= 0.6 is 0 Å². The van der Waals surface area contributed by atoms with Crippen LogP contribution in [0.2, 0.25) is 0 Å². The van der Waals surface area contributed by atoms with Crippen LogP contribution in [0.4, 0.5) is 5.69 Å². The van der Waals surface area contributed by atoms with Crippen molar-refractivity contribution < 1.29 is 26.4 Å². The molecule has 0 bridgehead atoms. The lowest BCUT2D eigenvalue weighted by Crippen LogP contribution is -2.23. The van der Waals surface area contributed by atoms with Gasteiger partial charge in [-0.05, 0) is 35.9 Å². The summed E-state index contributed by atoms with van der Waals surface area (Å²) in [5.41, 5.74) is 0.790. The zero-order chi connectivity index (χ0) is 20.9. The van der Waals surface area contributed by atoms with Gasteiger partial charge in [0.05, 0.1) is 22.6 Å². The van der Waals surface area contributed by atoms with Gasteiger partial charge < -0.3 is 10.1 Å². The fourth-order valence-electron chi connectivity index (χ4n) is 2.25. The van der Waals surface area contributed by atoms with Gasteiger partial charge in [-0.1, -0.05) is 19.1 Å². The maximum Gasteiger partial charge on any atom is 0.240 e. The Balaban J connectivity index is 2.20. The van der Waals surface area contributed by atoms with Crippen LogP contribution in [0.25, 0.3) is 0 Å². The highest BCUT2D eigenvalue weighted by atomic mass is 32.2. The number of methoxy groups -OCH3 is 1. The van der Waals surface area contributed by atoms with Crippen LogP contribution < -0.4 is 19.9 Å². The molecule has 0 aliphatic rings. The number of sulfonamides is 2. The molecule has 0 unspecified atom stereocenters. The number of hydrogen-bond acceptors (Lipinski definition) is 6. The lowest BCUT2D eigenvalue weighted by Gasteiger charge is -2.13. The molecule has 0 spiro atoms. The molecule has 0 aliphatic heterocycles. The van der Waals surface area contributed by atoms with Crippen LogP contribution in [0.3, 0.4) is 0 Å². The third-order valence-electron chi connectivity index (χ3n) is 3.79. The topological polar surface area (TPSA) is 145 Å². The van der Waals surface area contributed by atoms with E-state index >= 15 is 0 Å². The molecule has 4 N–H and O–H groups in total. The Hall–Kier alpha value is -2.47. The molecule has 0 aliphatic carbocycles. The molecule has 2 aromatic carbocycles. The van der Waals surface area contributed by atoms with Gasteiger partial charge >= 0.3 is 0 Å². The van der Waals surface area contributed by atoms with Crippen molar-refractivity contribution in [3.63, 3.8) is 0 Å². The molecule has 2 rings (SSSR count). The van der Waals surface area contributed by atoms with Gasteiger partial charge in [0.15, 0.2) is 0 Å². The number of ether oxygens (including phenoxy) is 1. The van der Waals surface area contributed by atoms with E-state index in [1.54, 1.807) is 6.92 Å². The molecule has 11 heteroatoms. The molecule has 0 heterocycles. The first-order chi connectivity index (χ1) is 13.1. The maximum absolute atomic E-state index is 12.6. The van der Waals surface area contributed by atoms with Crippen molar-refractivity contribution in [2.24, 2.45) is 5.14 Å². The van der Waals surface area contributed by atoms with Gasteiger partial charge in [-0.15, -0.1) is 0 Å². The summed E-state index contributed by atoms with van der Waals surface area (Å²) in [4.78, 5) is 11.5. The number of rotatable bonds is 8. The number of carbonyl (C=O) groups excluding carboxylic acids is 1. The predicted molar refractivity (Wildman–Crippen MR) is 104 cm³/mol. The summed E-state index contributed by atoms with van der Waals surface area (Å²) in [5.74, 6) is 0.0510. The normalized spacial score (nSPS) is 11.8. The Morgan fingerprint density at radius 1 is 1.04 bits per heavy atom. The molecule has 2 aromatic rings. The molecule has 0 saturated heterocycles. The first-order valence-electron chi connectivity index (χ1n) is 8.16. The molecule has 1 amide bonds. The molecule has 0 aromatic heterocycles. The minimum absolute atomic E-state index is 0.0548. The van der Waals surface area contributed by atoms with Crippen LogP contribution in [-0.2, 0) is 31.4 Å². The second kappa shape index (κ2) is 8.69. The number of nitrogens with two attached hydrogens (primary N) is 1. The molecule has 28 heavy (non-hydrogen) atoms. The molecule has 0 fully saturated rings. The van der Waals surface area contributed by atoms with Crippen LogP contribution in [0.1, 0.15) is 18.9 Å². The van der Waals surface area contributed by atoms with Gasteiger partial charge in [0.25, 0.3) is 0 Å². The lowest BCUT2D eigenvalue weighted by atomic mass is 10.2. The van der Waals surface area contributed by atoms with Gasteiger partial charge in [-0.2, -0.15) is 0 Å². The molecule has 9 nitrogen and oxygen atoms in total. The number of nitrogens with one attached hydrogen (secondary N) is 2. The zero-order valence-corrected chi connectivity index (χ0v) is 16.9. The fraction of sp³-hybridized carbons (Fsp3) is 0.235. The van der Waals surface area contributed by atoms with E-state index in [1.165, 1.54) is 49.6 Å². The van der Waals surface area contributed by atoms with Gasteiger partial charge in [0, 0.05) is 13.0 Å². The second-order valence-corrected chi connectivity index (χ2v) is 9.11. The number of anilines is 1. The Kier molecular flexibility index (Phi) is 6.77. The van der Waals surface area contributed by atoms with E-state index in [0.29, 0.717) is 11.3 Å². The summed E-state index contributed by atoms with van der Waals surface area (Å²) in [6.07, 6.45) is 0.229. The van der Waals surface area contributed by atoms with Gasteiger partial charge in [-0.25, -0.2) is 26.7 Å². The Morgan fingerprint density at radius 2 is 1.64 bits per heavy atom. The zero-order valence-electron chi connectivity index (χ0n) is 15.3. The molecule has 152 valence electrons. The highest BCUT2D eigenvalue weighted by molar-refractivity contribution is 7.89. The number of carbonyl (C=O) groups is 1. The van der Waals surface area contributed by atoms with Crippen LogP contribution in [0.15, 0.2) is 52.3 Å². The lowest BCUT2D eigenvalue weighted by molar-refractivity contribution is -0.115. The maximum atomic E-state index is 12.6. The third kappa shape index (κ3) is 5.52. The van der Waals surface area contributed by atoms with E-state index in [0.717, 1.165) is 0 Å². The number of primary sulfonamides is 1. The summed E-state index contributed by atoms with van der Waals surface area (Å²) in [6, 6.07) is 9.62. The first-order valence-corrected chi connectivity index (χ1v) is 11.2. The van der Waals surface area contributed by atoms with Crippen LogP contribution in [0, 0.1) is 0 Å². The quantitative estimate of drug-likeness (QED) is 0.577. The standard InChI is InChI=1S/C17H21N3O6S2/c1-3-17(21)20-15-10-14(8-9-16(15)26-2)28(24,25)19-11-12-4-6-13(7-5-12)27(18,22)23/h4-10,19H,3,11H2,1-2H3,(H,20,21)(H2,18,22,23). The Morgan fingerprint density at radius 3 is 2.18 bits per heavy atom. The third-order valence-corrected chi connectivity index (χ3v) is 6.12. The minimum Gasteiger partial charge on any atom is -0.495 e. The van der Waals surface area contributed by atoms with Gasteiger partial charge in [0.1, 0.15) is 5.75 Å². The fourth-order valence-corrected chi connectivity index (χ4v) is 3.81. The largest absolute Gasteiger partial charge is 0.495 e. The van der Waals surface area contributed by atoms with E-state index in [1.807, 2.05) is 0 Å². The van der Waals surface area contributed by atoms with E-state index in [2.05, 4.69) is 10.0 Å². The van der Waals surface area contributed by atoms with E-state index in [4.69, 9.17) is 9.88 Å². The van der Waals surface area contributed by atoms with Crippen LogP contribution in [-0.4, -0.2) is 29.9 Å².